The summed E-state index contributed by atoms with van der Waals surface area (Å²) in [7, 11) is 2.89. The number of aliphatic imine (C=N–C) groups is 1. The number of carbonyl (C=O) groups is 1. The lowest BCUT2D eigenvalue weighted by atomic mass is 10.1. The Morgan fingerprint density at radius 1 is 1.14 bits per heavy atom. The number of esters is 1. The molecule has 1 aromatic carbocycles. The summed E-state index contributed by atoms with van der Waals surface area (Å²) in [6.45, 7) is 13.8. The molecule has 0 bridgehead atoms. The van der Waals surface area contributed by atoms with E-state index in [4.69, 9.17) is 9.47 Å². The Morgan fingerprint density at radius 2 is 1.82 bits per heavy atom. The van der Waals surface area contributed by atoms with Crippen LogP contribution in [0.5, 0.6) is 5.75 Å². The number of rotatable bonds is 10. The quantitative estimate of drug-likeness (QED) is 0.362. The number of ether oxygens (including phenoxy) is 2. The van der Waals surface area contributed by atoms with Crippen molar-refractivity contribution in [1.82, 2.24) is 15.5 Å². The van der Waals surface area contributed by atoms with Gasteiger partial charge in [0.05, 0.1) is 20.8 Å². The second kappa shape index (κ2) is 12.2. The van der Waals surface area contributed by atoms with E-state index in [1.54, 1.807) is 12.1 Å². The fraction of sp³-hybridized carbons (Fsp3) is 0.619. The Balaban J connectivity index is 2.80. The van der Waals surface area contributed by atoms with E-state index in [0.717, 1.165) is 31.2 Å². The Kier molecular flexibility index (Phi) is 10.4. The summed E-state index contributed by atoms with van der Waals surface area (Å²) >= 11 is 0. The first-order chi connectivity index (χ1) is 13.3. The summed E-state index contributed by atoms with van der Waals surface area (Å²) in [6.07, 6.45) is 0. The van der Waals surface area contributed by atoms with Crippen LogP contribution in [-0.2, 0) is 11.3 Å². The molecule has 0 aliphatic heterocycles. The van der Waals surface area contributed by atoms with Gasteiger partial charge in [-0.2, -0.15) is 0 Å². The highest BCUT2D eigenvalue weighted by atomic mass is 16.5. The van der Waals surface area contributed by atoms with E-state index in [0.29, 0.717) is 29.9 Å². The Hall–Kier alpha value is -2.28. The van der Waals surface area contributed by atoms with Gasteiger partial charge in [0.15, 0.2) is 5.96 Å². The lowest BCUT2D eigenvalue weighted by Gasteiger charge is -2.30. The zero-order valence-corrected chi connectivity index (χ0v) is 18.3. The molecule has 0 unspecified atom stereocenters. The van der Waals surface area contributed by atoms with Gasteiger partial charge in [0.2, 0.25) is 0 Å². The smallest absolute Gasteiger partial charge is 0.341 e. The molecule has 0 spiro atoms. The van der Waals surface area contributed by atoms with E-state index < -0.39 is 5.97 Å². The van der Waals surface area contributed by atoms with E-state index in [9.17, 15) is 4.79 Å². The monoisotopic (exact) mass is 392 g/mol. The van der Waals surface area contributed by atoms with Gasteiger partial charge in [-0.1, -0.05) is 6.07 Å². The fourth-order valence-electron chi connectivity index (χ4n) is 3.05. The summed E-state index contributed by atoms with van der Waals surface area (Å²) < 4.78 is 10.1. The van der Waals surface area contributed by atoms with Crippen LogP contribution in [0.15, 0.2) is 23.2 Å². The predicted octanol–water partition coefficient (Wildman–Crippen LogP) is 2.66. The molecule has 0 heterocycles. The molecular weight excluding hydrogens is 356 g/mol. The highest BCUT2D eigenvalue weighted by molar-refractivity contribution is 5.92. The first-order valence-electron chi connectivity index (χ1n) is 9.87. The summed E-state index contributed by atoms with van der Waals surface area (Å²) in [5.74, 6) is 0.827. The molecule has 0 aromatic heterocycles. The molecule has 7 heteroatoms. The molecule has 0 atom stereocenters. The number of benzene rings is 1. The molecule has 0 aliphatic carbocycles. The zero-order valence-electron chi connectivity index (χ0n) is 18.3. The minimum atomic E-state index is -0.421. The van der Waals surface area contributed by atoms with Crippen molar-refractivity contribution in [3.05, 3.63) is 29.3 Å². The lowest BCUT2D eigenvalue weighted by Crippen LogP contribution is -2.45. The van der Waals surface area contributed by atoms with Gasteiger partial charge in [-0.3, -0.25) is 4.90 Å². The van der Waals surface area contributed by atoms with E-state index in [1.165, 1.54) is 14.2 Å². The molecule has 0 saturated heterocycles. The standard InChI is InChI=1S/C21H36N4O3/c1-8-22-21(23-11-12-25(15(2)3)16(4)5)24-14-17-9-10-19(27-6)18(13-17)20(26)28-7/h9-10,13,15-16H,8,11-12,14H2,1-7H3,(H2,22,23,24). The fourth-order valence-corrected chi connectivity index (χ4v) is 3.05. The van der Waals surface area contributed by atoms with Gasteiger partial charge in [-0.25, -0.2) is 9.79 Å². The molecule has 0 aliphatic rings. The van der Waals surface area contributed by atoms with Crippen LogP contribution < -0.4 is 15.4 Å². The topological polar surface area (TPSA) is 75.2 Å². The van der Waals surface area contributed by atoms with Gasteiger partial charge in [0.1, 0.15) is 11.3 Å². The lowest BCUT2D eigenvalue weighted by molar-refractivity contribution is 0.0597. The number of methoxy groups -OCH3 is 2. The van der Waals surface area contributed by atoms with Crippen molar-refractivity contribution in [2.45, 2.75) is 53.2 Å². The van der Waals surface area contributed by atoms with Crippen molar-refractivity contribution < 1.29 is 14.3 Å². The van der Waals surface area contributed by atoms with E-state index in [2.05, 4.69) is 48.2 Å². The summed E-state index contributed by atoms with van der Waals surface area (Å²) in [4.78, 5) is 19.0. The number of nitrogens with zero attached hydrogens (tertiary/aromatic N) is 2. The molecule has 158 valence electrons. The van der Waals surface area contributed by atoms with Crippen molar-refractivity contribution in [2.24, 2.45) is 4.99 Å². The van der Waals surface area contributed by atoms with Gasteiger partial charge in [-0.05, 0) is 52.3 Å². The van der Waals surface area contributed by atoms with Crippen LogP contribution in [0.4, 0.5) is 0 Å². The highest BCUT2D eigenvalue weighted by Crippen LogP contribution is 2.21. The SMILES string of the molecule is CCNC(=NCc1ccc(OC)c(C(=O)OC)c1)NCCN(C(C)C)C(C)C. The first kappa shape index (κ1) is 23.8. The van der Waals surface area contributed by atoms with Crippen LogP contribution in [0.1, 0.15) is 50.5 Å². The van der Waals surface area contributed by atoms with Crippen molar-refractivity contribution in [3.8, 4) is 5.75 Å². The van der Waals surface area contributed by atoms with Crippen LogP contribution in [0.3, 0.4) is 0 Å². The molecule has 0 radical (unpaired) electrons. The van der Waals surface area contributed by atoms with Crippen molar-refractivity contribution in [1.29, 1.82) is 0 Å². The van der Waals surface area contributed by atoms with Crippen molar-refractivity contribution >= 4 is 11.9 Å². The molecule has 0 saturated carbocycles. The summed E-state index contributed by atoms with van der Waals surface area (Å²) in [5.41, 5.74) is 1.31. The van der Waals surface area contributed by atoms with Crippen LogP contribution in [-0.4, -0.2) is 62.8 Å². The molecule has 7 nitrogen and oxygen atoms in total. The van der Waals surface area contributed by atoms with E-state index >= 15 is 0 Å². The molecule has 1 rings (SSSR count). The highest BCUT2D eigenvalue weighted by Gasteiger charge is 2.14. The average Bonchev–Trinajstić information content (AvgIpc) is 2.67. The second-order valence-corrected chi connectivity index (χ2v) is 7.07. The van der Waals surface area contributed by atoms with Gasteiger partial charge >= 0.3 is 5.97 Å². The van der Waals surface area contributed by atoms with Crippen LogP contribution in [0, 0.1) is 0 Å². The number of hydrogen-bond donors (Lipinski definition) is 2. The molecule has 2 N–H and O–H groups in total. The van der Waals surface area contributed by atoms with Crippen LogP contribution in [0.2, 0.25) is 0 Å². The molecule has 0 fully saturated rings. The number of guanidine groups is 1. The maximum absolute atomic E-state index is 11.9. The van der Waals surface area contributed by atoms with E-state index in [-0.39, 0.29) is 0 Å². The van der Waals surface area contributed by atoms with Crippen LogP contribution in [0.25, 0.3) is 0 Å². The summed E-state index contributed by atoms with van der Waals surface area (Å²) in [6, 6.07) is 6.42. The zero-order chi connectivity index (χ0) is 21.1. The maximum atomic E-state index is 11.9. The Labute approximate surface area is 169 Å². The number of nitrogens with one attached hydrogen (secondary N) is 2. The molecule has 0 amide bonds. The minimum Gasteiger partial charge on any atom is -0.496 e. The first-order valence-corrected chi connectivity index (χ1v) is 9.87. The molecule has 1 aromatic rings. The molecule has 28 heavy (non-hydrogen) atoms. The van der Waals surface area contributed by atoms with Gasteiger partial charge < -0.3 is 20.1 Å². The van der Waals surface area contributed by atoms with Crippen molar-refractivity contribution in [2.75, 3.05) is 33.9 Å². The van der Waals surface area contributed by atoms with Crippen LogP contribution >= 0.6 is 0 Å². The molecular formula is C21H36N4O3. The average molecular weight is 393 g/mol. The largest absolute Gasteiger partial charge is 0.496 e. The maximum Gasteiger partial charge on any atom is 0.341 e. The van der Waals surface area contributed by atoms with Crippen molar-refractivity contribution in [3.63, 3.8) is 0 Å². The van der Waals surface area contributed by atoms with E-state index in [1.807, 2.05) is 13.0 Å². The van der Waals surface area contributed by atoms with Gasteiger partial charge in [0, 0.05) is 31.7 Å². The third kappa shape index (κ3) is 7.38. The predicted molar refractivity (Wildman–Crippen MR) is 114 cm³/mol. The summed E-state index contributed by atoms with van der Waals surface area (Å²) in [5, 5.41) is 6.64. The third-order valence-corrected chi connectivity index (χ3v) is 4.42. The van der Waals surface area contributed by atoms with Gasteiger partial charge in [0.25, 0.3) is 0 Å². The Morgan fingerprint density at radius 3 is 2.36 bits per heavy atom. The van der Waals surface area contributed by atoms with Gasteiger partial charge in [-0.15, -0.1) is 0 Å². The second-order valence-electron chi connectivity index (χ2n) is 7.07. The number of hydrogen-bond acceptors (Lipinski definition) is 5. The minimum absolute atomic E-state index is 0.403. The Bertz CT molecular complexity index is 637. The third-order valence-electron chi connectivity index (χ3n) is 4.42. The number of carbonyl (C=O) groups excluding carboxylic acids is 1. The normalized spacial score (nSPS) is 11.9.